The average molecular weight is 323 g/mol. The summed E-state index contributed by atoms with van der Waals surface area (Å²) in [7, 11) is 0. The smallest absolute Gasteiger partial charge is 0.227 e. The Morgan fingerprint density at radius 1 is 1.08 bits per heavy atom. The Bertz CT molecular complexity index is 852. The van der Waals surface area contributed by atoms with Crippen molar-refractivity contribution >= 4 is 28.7 Å². The minimum atomic E-state index is -1.15. The Morgan fingerprint density at radius 2 is 1.92 bits per heavy atom. The molecule has 0 atom stereocenters. The standard InChI is InChI=1S/C18H16N2O4/c21-16(9-4-10-17(22)23)19-13-6-3-5-12(11-13)18-20-14-7-1-2-8-15(14)24-18/h1-3,5-8,11H,4,9-10H2,(H,19,21)(H,22,23)/p-1. The first-order valence-electron chi connectivity index (χ1n) is 7.57. The minimum Gasteiger partial charge on any atom is -0.550 e. The number of amides is 1. The highest BCUT2D eigenvalue weighted by molar-refractivity contribution is 5.91. The van der Waals surface area contributed by atoms with E-state index in [1.165, 1.54) is 0 Å². The van der Waals surface area contributed by atoms with E-state index in [1.54, 1.807) is 18.2 Å². The Labute approximate surface area is 138 Å². The molecule has 1 heterocycles. The van der Waals surface area contributed by atoms with Crippen molar-refractivity contribution in [2.24, 2.45) is 0 Å². The van der Waals surface area contributed by atoms with E-state index in [0.29, 0.717) is 17.2 Å². The number of benzene rings is 2. The van der Waals surface area contributed by atoms with Gasteiger partial charge in [-0.25, -0.2) is 4.98 Å². The average Bonchev–Trinajstić information content (AvgIpc) is 2.99. The number of aromatic nitrogens is 1. The van der Waals surface area contributed by atoms with Gasteiger partial charge in [0.2, 0.25) is 11.8 Å². The zero-order valence-electron chi connectivity index (χ0n) is 12.8. The number of carbonyl (C=O) groups excluding carboxylic acids is 2. The molecule has 3 aromatic rings. The van der Waals surface area contributed by atoms with Crippen molar-refractivity contribution in [3.05, 3.63) is 48.5 Å². The number of hydrogen-bond donors (Lipinski definition) is 1. The third-order valence-corrected chi connectivity index (χ3v) is 3.47. The summed E-state index contributed by atoms with van der Waals surface area (Å²) in [5, 5.41) is 13.1. The monoisotopic (exact) mass is 323 g/mol. The largest absolute Gasteiger partial charge is 0.550 e. The number of carboxylic acid groups (broad SMARTS) is 1. The lowest BCUT2D eigenvalue weighted by Crippen LogP contribution is -2.22. The maximum absolute atomic E-state index is 11.8. The summed E-state index contributed by atoms with van der Waals surface area (Å²) in [6.45, 7) is 0. The Hall–Kier alpha value is -3.15. The number of carboxylic acids is 1. The van der Waals surface area contributed by atoms with Gasteiger partial charge in [-0.05, 0) is 43.2 Å². The number of para-hydroxylation sites is 2. The summed E-state index contributed by atoms with van der Waals surface area (Å²) in [5.41, 5.74) is 2.82. The van der Waals surface area contributed by atoms with Gasteiger partial charge >= 0.3 is 0 Å². The molecule has 0 radical (unpaired) electrons. The maximum Gasteiger partial charge on any atom is 0.227 e. The molecule has 24 heavy (non-hydrogen) atoms. The molecule has 2 aromatic carbocycles. The Balaban J connectivity index is 1.72. The molecule has 1 aromatic heterocycles. The second-order valence-corrected chi connectivity index (χ2v) is 5.34. The molecule has 0 saturated carbocycles. The van der Waals surface area contributed by atoms with E-state index in [1.807, 2.05) is 30.3 Å². The topological polar surface area (TPSA) is 95.3 Å². The van der Waals surface area contributed by atoms with Gasteiger partial charge in [0.05, 0.1) is 0 Å². The summed E-state index contributed by atoms with van der Waals surface area (Å²) in [6, 6.07) is 14.6. The molecule has 0 unspecified atom stereocenters. The summed E-state index contributed by atoms with van der Waals surface area (Å²) in [4.78, 5) is 26.6. The van der Waals surface area contributed by atoms with Crippen molar-refractivity contribution in [1.29, 1.82) is 0 Å². The zero-order valence-corrected chi connectivity index (χ0v) is 12.8. The first-order valence-corrected chi connectivity index (χ1v) is 7.57. The van der Waals surface area contributed by atoms with Crippen molar-refractivity contribution in [3.8, 4) is 11.5 Å². The van der Waals surface area contributed by atoms with Gasteiger partial charge < -0.3 is 19.6 Å². The molecule has 122 valence electrons. The van der Waals surface area contributed by atoms with Gasteiger partial charge in [0.15, 0.2) is 5.58 Å². The van der Waals surface area contributed by atoms with Crippen LogP contribution in [0.25, 0.3) is 22.6 Å². The van der Waals surface area contributed by atoms with Gasteiger partial charge in [-0.2, -0.15) is 0 Å². The number of fused-ring (bicyclic) bond motifs is 1. The van der Waals surface area contributed by atoms with Crippen LogP contribution in [0.1, 0.15) is 19.3 Å². The molecule has 3 rings (SSSR count). The van der Waals surface area contributed by atoms with Crippen LogP contribution in [0.3, 0.4) is 0 Å². The molecule has 0 spiro atoms. The van der Waals surface area contributed by atoms with Crippen molar-refractivity contribution in [2.45, 2.75) is 19.3 Å². The number of nitrogens with one attached hydrogen (secondary N) is 1. The second kappa shape index (κ2) is 6.95. The number of rotatable bonds is 6. The SMILES string of the molecule is O=C([O-])CCCC(=O)Nc1cccc(-c2nc3ccccc3o2)c1. The van der Waals surface area contributed by atoms with E-state index >= 15 is 0 Å². The molecule has 0 aliphatic rings. The molecule has 0 aliphatic carbocycles. The van der Waals surface area contributed by atoms with Crippen LogP contribution in [-0.2, 0) is 9.59 Å². The number of carbonyl (C=O) groups is 2. The van der Waals surface area contributed by atoms with Gasteiger partial charge in [0.1, 0.15) is 5.52 Å². The first kappa shape index (κ1) is 15.7. The Kier molecular flexibility index (Phi) is 4.56. The molecule has 0 aliphatic heterocycles. The number of anilines is 1. The highest BCUT2D eigenvalue weighted by Crippen LogP contribution is 2.26. The molecular weight excluding hydrogens is 308 g/mol. The quantitative estimate of drug-likeness (QED) is 0.751. The molecule has 6 nitrogen and oxygen atoms in total. The summed E-state index contributed by atoms with van der Waals surface area (Å²) >= 11 is 0. The van der Waals surface area contributed by atoms with Gasteiger partial charge in [-0.1, -0.05) is 18.2 Å². The van der Waals surface area contributed by atoms with Gasteiger partial charge in [-0.15, -0.1) is 0 Å². The molecule has 6 heteroatoms. The molecule has 0 bridgehead atoms. The van der Waals surface area contributed by atoms with E-state index in [9.17, 15) is 14.7 Å². The third-order valence-electron chi connectivity index (χ3n) is 3.47. The second-order valence-electron chi connectivity index (χ2n) is 5.34. The molecule has 0 saturated heterocycles. The van der Waals surface area contributed by atoms with Crippen LogP contribution >= 0.6 is 0 Å². The number of nitrogens with zero attached hydrogens (tertiary/aromatic N) is 1. The lowest BCUT2D eigenvalue weighted by atomic mass is 10.2. The van der Waals surface area contributed by atoms with Crippen LogP contribution in [0.5, 0.6) is 0 Å². The predicted molar refractivity (Wildman–Crippen MR) is 86.9 cm³/mol. The Morgan fingerprint density at radius 3 is 2.71 bits per heavy atom. The van der Waals surface area contributed by atoms with Crippen LogP contribution in [0, 0.1) is 0 Å². The van der Waals surface area contributed by atoms with Crippen molar-refractivity contribution in [2.75, 3.05) is 5.32 Å². The van der Waals surface area contributed by atoms with Gasteiger partial charge in [0, 0.05) is 23.6 Å². The lowest BCUT2D eigenvalue weighted by Gasteiger charge is -2.06. The molecule has 1 amide bonds. The van der Waals surface area contributed by atoms with E-state index in [4.69, 9.17) is 4.42 Å². The normalized spacial score (nSPS) is 10.7. The van der Waals surface area contributed by atoms with Gasteiger partial charge in [0.25, 0.3) is 0 Å². The summed E-state index contributed by atoms with van der Waals surface area (Å²) < 4.78 is 5.71. The van der Waals surface area contributed by atoms with Crippen LogP contribution in [-0.4, -0.2) is 16.9 Å². The predicted octanol–water partition coefficient (Wildman–Crippen LogP) is 2.35. The number of aliphatic carboxylic acids is 1. The fraction of sp³-hybridized carbons (Fsp3) is 0.167. The number of oxazole rings is 1. The highest BCUT2D eigenvalue weighted by Gasteiger charge is 2.09. The van der Waals surface area contributed by atoms with Crippen LogP contribution in [0.4, 0.5) is 5.69 Å². The van der Waals surface area contributed by atoms with E-state index in [-0.39, 0.29) is 25.2 Å². The van der Waals surface area contributed by atoms with Crippen LogP contribution < -0.4 is 10.4 Å². The van der Waals surface area contributed by atoms with Gasteiger partial charge in [-0.3, -0.25) is 4.79 Å². The van der Waals surface area contributed by atoms with Crippen LogP contribution in [0.15, 0.2) is 52.9 Å². The van der Waals surface area contributed by atoms with E-state index in [0.717, 1.165) is 11.1 Å². The fourth-order valence-corrected chi connectivity index (χ4v) is 2.34. The van der Waals surface area contributed by atoms with E-state index < -0.39 is 5.97 Å². The van der Waals surface area contributed by atoms with Crippen molar-refractivity contribution in [3.63, 3.8) is 0 Å². The third kappa shape index (κ3) is 3.78. The number of hydrogen-bond acceptors (Lipinski definition) is 5. The van der Waals surface area contributed by atoms with E-state index in [2.05, 4.69) is 10.3 Å². The summed E-state index contributed by atoms with van der Waals surface area (Å²) in [5.74, 6) is -0.920. The van der Waals surface area contributed by atoms with Crippen molar-refractivity contribution in [1.82, 2.24) is 4.98 Å². The summed E-state index contributed by atoms with van der Waals surface area (Å²) in [6.07, 6.45) is 0.246. The fourth-order valence-electron chi connectivity index (χ4n) is 2.34. The van der Waals surface area contributed by atoms with Crippen LogP contribution in [0.2, 0.25) is 0 Å². The highest BCUT2D eigenvalue weighted by atomic mass is 16.4. The molecule has 0 fully saturated rings. The minimum absolute atomic E-state index is 0.126. The molecule has 1 N–H and O–H groups in total. The maximum atomic E-state index is 11.8. The zero-order chi connectivity index (χ0) is 16.9. The molecular formula is C18H15N2O4-. The first-order chi connectivity index (χ1) is 11.6. The lowest BCUT2D eigenvalue weighted by molar-refractivity contribution is -0.305. The van der Waals surface area contributed by atoms with Crippen molar-refractivity contribution < 1.29 is 19.1 Å².